The molecular formula is C24H34F2. The van der Waals surface area contributed by atoms with Crippen molar-refractivity contribution >= 4 is 0 Å². The second-order valence-electron chi connectivity index (χ2n) is 9.36. The Morgan fingerprint density at radius 2 is 1.04 bits per heavy atom. The Bertz CT molecular complexity index is 574. The van der Waals surface area contributed by atoms with Gasteiger partial charge in [0.15, 0.2) is 11.6 Å². The van der Waals surface area contributed by atoms with Gasteiger partial charge in [0.2, 0.25) is 0 Å². The van der Waals surface area contributed by atoms with Gasteiger partial charge >= 0.3 is 0 Å². The smallest absolute Gasteiger partial charge is 0.159 e. The summed E-state index contributed by atoms with van der Waals surface area (Å²) in [5.41, 5.74) is 1.00. The average Bonchev–Trinajstić information content (AvgIpc) is 2.71. The molecule has 0 amide bonds. The molecule has 3 aliphatic carbocycles. The molecule has 0 N–H and O–H groups in total. The monoisotopic (exact) mass is 360 g/mol. The van der Waals surface area contributed by atoms with E-state index in [9.17, 15) is 8.78 Å². The molecule has 2 heteroatoms. The van der Waals surface area contributed by atoms with Gasteiger partial charge in [-0.25, -0.2) is 8.78 Å². The fraction of sp³-hybridized carbons (Fsp3) is 0.750. The largest absolute Gasteiger partial charge is 0.204 e. The van der Waals surface area contributed by atoms with Crippen molar-refractivity contribution in [1.82, 2.24) is 0 Å². The summed E-state index contributed by atoms with van der Waals surface area (Å²) in [4.78, 5) is 0. The van der Waals surface area contributed by atoms with E-state index in [1.165, 1.54) is 82.8 Å². The fourth-order valence-corrected chi connectivity index (χ4v) is 6.38. The predicted molar refractivity (Wildman–Crippen MR) is 103 cm³/mol. The highest BCUT2D eigenvalue weighted by atomic mass is 19.2. The first-order valence-corrected chi connectivity index (χ1v) is 11.2. The standard InChI is InChI=1S/C24H34F2/c25-23-15-14-22(16-24(23)26)21-12-10-20(11-13-21)19-8-6-18(7-9-19)17-4-2-1-3-5-17/h14-21H,1-13H2. The molecule has 0 unspecified atom stereocenters. The molecule has 0 bridgehead atoms. The summed E-state index contributed by atoms with van der Waals surface area (Å²) in [5.74, 6) is 2.88. The van der Waals surface area contributed by atoms with Gasteiger partial charge in [-0.15, -0.1) is 0 Å². The molecule has 0 aliphatic heterocycles. The van der Waals surface area contributed by atoms with Gasteiger partial charge in [-0.2, -0.15) is 0 Å². The lowest BCUT2D eigenvalue weighted by Gasteiger charge is -2.40. The zero-order chi connectivity index (χ0) is 17.9. The molecule has 0 aromatic heterocycles. The molecule has 0 spiro atoms. The van der Waals surface area contributed by atoms with Crippen LogP contribution in [-0.2, 0) is 0 Å². The van der Waals surface area contributed by atoms with Crippen molar-refractivity contribution < 1.29 is 8.78 Å². The minimum atomic E-state index is -0.725. The molecule has 0 atom stereocenters. The third-order valence-electron chi connectivity index (χ3n) is 7.99. The Hall–Kier alpha value is -0.920. The van der Waals surface area contributed by atoms with E-state index >= 15 is 0 Å². The zero-order valence-corrected chi connectivity index (χ0v) is 16.1. The Morgan fingerprint density at radius 1 is 0.538 bits per heavy atom. The van der Waals surface area contributed by atoms with Crippen LogP contribution >= 0.6 is 0 Å². The maximum atomic E-state index is 13.5. The minimum Gasteiger partial charge on any atom is -0.204 e. The highest BCUT2D eigenvalue weighted by Gasteiger charge is 2.33. The minimum absolute atomic E-state index is 0.430. The van der Waals surface area contributed by atoms with Crippen LogP contribution in [-0.4, -0.2) is 0 Å². The van der Waals surface area contributed by atoms with Crippen LogP contribution in [0.1, 0.15) is 95.0 Å². The third kappa shape index (κ3) is 4.15. The molecule has 0 heterocycles. The quantitative estimate of drug-likeness (QED) is 0.520. The molecule has 0 saturated heterocycles. The number of halogens is 2. The van der Waals surface area contributed by atoms with Gasteiger partial charge in [0.25, 0.3) is 0 Å². The molecule has 144 valence electrons. The van der Waals surface area contributed by atoms with E-state index in [0.717, 1.165) is 42.1 Å². The number of benzene rings is 1. The Morgan fingerprint density at radius 3 is 1.58 bits per heavy atom. The lowest BCUT2D eigenvalue weighted by atomic mass is 9.65. The van der Waals surface area contributed by atoms with E-state index in [4.69, 9.17) is 0 Å². The van der Waals surface area contributed by atoms with Crippen LogP contribution in [0.25, 0.3) is 0 Å². The average molecular weight is 361 g/mol. The van der Waals surface area contributed by atoms with Gasteiger partial charge in [0.1, 0.15) is 0 Å². The summed E-state index contributed by atoms with van der Waals surface area (Å²) < 4.78 is 26.7. The highest BCUT2D eigenvalue weighted by Crippen LogP contribution is 2.46. The predicted octanol–water partition coefficient (Wildman–Crippen LogP) is 7.63. The Balaban J connectivity index is 1.25. The maximum absolute atomic E-state index is 13.5. The van der Waals surface area contributed by atoms with Crippen LogP contribution in [0.4, 0.5) is 8.78 Å². The Kier molecular flexibility index (Phi) is 5.96. The van der Waals surface area contributed by atoms with Gasteiger partial charge in [0.05, 0.1) is 0 Å². The second-order valence-corrected chi connectivity index (χ2v) is 9.36. The lowest BCUT2D eigenvalue weighted by molar-refractivity contribution is 0.119. The first kappa shape index (κ1) is 18.4. The SMILES string of the molecule is Fc1ccc(C2CCC(C3CCC(C4CCCCC4)CC3)CC2)cc1F. The molecule has 1 aromatic carbocycles. The molecule has 3 saturated carbocycles. The van der Waals surface area contributed by atoms with Crippen LogP contribution in [0.3, 0.4) is 0 Å². The summed E-state index contributed by atoms with van der Waals surface area (Å²) in [5, 5.41) is 0. The van der Waals surface area contributed by atoms with Crippen molar-refractivity contribution in [2.75, 3.05) is 0 Å². The molecule has 4 rings (SSSR count). The lowest BCUT2D eigenvalue weighted by Crippen LogP contribution is -2.28. The van der Waals surface area contributed by atoms with E-state index in [1.807, 2.05) is 0 Å². The normalized spacial score (nSPS) is 33.9. The van der Waals surface area contributed by atoms with Gasteiger partial charge in [0, 0.05) is 0 Å². The molecule has 0 radical (unpaired) electrons. The molecule has 0 nitrogen and oxygen atoms in total. The molecule has 1 aromatic rings. The summed E-state index contributed by atoms with van der Waals surface area (Å²) in [7, 11) is 0. The van der Waals surface area contributed by atoms with E-state index in [0.29, 0.717) is 5.92 Å². The summed E-state index contributed by atoms with van der Waals surface area (Å²) in [6.45, 7) is 0. The summed E-state index contributed by atoms with van der Waals surface area (Å²) in [6.07, 6.45) is 18.1. The first-order chi connectivity index (χ1) is 12.7. The molecule has 3 aliphatic rings. The van der Waals surface area contributed by atoms with Gasteiger partial charge in [-0.05, 0) is 98.7 Å². The van der Waals surface area contributed by atoms with Crippen LogP contribution < -0.4 is 0 Å². The van der Waals surface area contributed by atoms with Crippen molar-refractivity contribution in [3.05, 3.63) is 35.4 Å². The third-order valence-corrected chi connectivity index (χ3v) is 7.99. The van der Waals surface area contributed by atoms with Gasteiger partial charge in [-0.3, -0.25) is 0 Å². The van der Waals surface area contributed by atoms with Crippen LogP contribution in [0.5, 0.6) is 0 Å². The molecule has 3 fully saturated rings. The van der Waals surface area contributed by atoms with E-state index in [2.05, 4.69) is 0 Å². The molecular weight excluding hydrogens is 326 g/mol. The van der Waals surface area contributed by atoms with E-state index in [1.54, 1.807) is 6.07 Å². The number of hydrogen-bond acceptors (Lipinski definition) is 0. The van der Waals surface area contributed by atoms with Crippen molar-refractivity contribution in [2.24, 2.45) is 23.7 Å². The number of hydrogen-bond donors (Lipinski definition) is 0. The van der Waals surface area contributed by atoms with Crippen molar-refractivity contribution in [3.8, 4) is 0 Å². The number of rotatable bonds is 3. The van der Waals surface area contributed by atoms with Crippen molar-refractivity contribution in [1.29, 1.82) is 0 Å². The highest BCUT2D eigenvalue weighted by molar-refractivity contribution is 5.22. The van der Waals surface area contributed by atoms with Gasteiger partial charge in [-0.1, -0.05) is 38.2 Å². The van der Waals surface area contributed by atoms with E-state index in [-0.39, 0.29) is 0 Å². The second kappa shape index (κ2) is 8.40. The summed E-state index contributed by atoms with van der Waals surface area (Å²) in [6, 6.07) is 4.51. The fourth-order valence-electron chi connectivity index (χ4n) is 6.38. The summed E-state index contributed by atoms with van der Waals surface area (Å²) >= 11 is 0. The molecule has 26 heavy (non-hydrogen) atoms. The Labute approximate surface area is 157 Å². The van der Waals surface area contributed by atoms with Gasteiger partial charge < -0.3 is 0 Å². The zero-order valence-electron chi connectivity index (χ0n) is 16.1. The van der Waals surface area contributed by atoms with E-state index < -0.39 is 11.6 Å². The van der Waals surface area contributed by atoms with Crippen LogP contribution in [0, 0.1) is 35.3 Å². The van der Waals surface area contributed by atoms with Crippen LogP contribution in [0.15, 0.2) is 18.2 Å². The van der Waals surface area contributed by atoms with Crippen LogP contribution in [0.2, 0.25) is 0 Å². The topological polar surface area (TPSA) is 0 Å². The van der Waals surface area contributed by atoms with Crippen molar-refractivity contribution in [2.45, 2.75) is 89.4 Å². The first-order valence-electron chi connectivity index (χ1n) is 11.2. The maximum Gasteiger partial charge on any atom is 0.159 e. The van der Waals surface area contributed by atoms with Crippen molar-refractivity contribution in [3.63, 3.8) is 0 Å².